The Kier molecular flexibility index (Phi) is 6.37. The first-order valence-electron chi connectivity index (χ1n) is 9.72. The number of Topliss-reactive ketones (excluding diaryl/α,β-unsaturated/α-hetero) is 1. The number of aryl methyl sites for hydroxylation is 1. The van der Waals surface area contributed by atoms with E-state index < -0.39 is 5.91 Å². The van der Waals surface area contributed by atoms with Crippen molar-refractivity contribution in [2.75, 3.05) is 12.4 Å². The van der Waals surface area contributed by atoms with Crippen molar-refractivity contribution in [3.8, 4) is 5.75 Å². The summed E-state index contributed by atoms with van der Waals surface area (Å²) in [4.78, 5) is 38.2. The highest BCUT2D eigenvalue weighted by atomic mass is 32.1. The number of ether oxygens (including phenoxy) is 1. The van der Waals surface area contributed by atoms with Gasteiger partial charge in [0, 0.05) is 17.7 Å². The summed E-state index contributed by atoms with van der Waals surface area (Å²) in [7, 11) is 1.51. The number of thiophene rings is 1. The molecule has 0 aliphatic heterocycles. The number of fused-ring (bicyclic) bond motifs is 1. The molecule has 1 aromatic heterocycles. The Hall–Kier alpha value is -2.67. The predicted octanol–water partition coefficient (Wildman–Crippen LogP) is 3.89. The van der Waals surface area contributed by atoms with E-state index in [1.807, 2.05) is 13.0 Å². The molecule has 0 spiro atoms. The summed E-state index contributed by atoms with van der Waals surface area (Å²) < 4.78 is 5.25. The van der Waals surface area contributed by atoms with Crippen molar-refractivity contribution in [2.24, 2.45) is 11.7 Å². The third-order valence-corrected chi connectivity index (χ3v) is 6.42. The quantitative estimate of drug-likeness (QED) is 0.672. The Balaban J connectivity index is 1.70. The van der Waals surface area contributed by atoms with Crippen molar-refractivity contribution < 1.29 is 19.1 Å². The van der Waals surface area contributed by atoms with E-state index >= 15 is 0 Å². The summed E-state index contributed by atoms with van der Waals surface area (Å²) in [5.74, 6) is 0.0617. The van der Waals surface area contributed by atoms with Gasteiger partial charge in [-0.3, -0.25) is 14.4 Å². The Morgan fingerprint density at radius 1 is 1.28 bits per heavy atom. The van der Waals surface area contributed by atoms with Crippen LogP contribution in [0, 0.1) is 12.8 Å². The molecule has 0 fully saturated rings. The zero-order chi connectivity index (χ0) is 21.1. The number of benzene rings is 1. The number of carbonyl (C=O) groups is 3. The van der Waals surface area contributed by atoms with E-state index in [-0.39, 0.29) is 24.5 Å². The van der Waals surface area contributed by atoms with Gasteiger partial charge in [0.2, 0.25) is 5.91 Å². The van der Waals surface area contributed by atoms with E-state index in [1.165, 1.54) is 18.4 Å². The van der Waals surface area contributed by atoms with Crippen molar-refractivity contribution in [3.05, 3.63) is 45.3 Å². The van der Waals surface area contributed by atoms with E-state index in [4.69, 9.17) is 10.5 Å². The van der Waals surface area contributed by atoms with Crippen molar-refractivity contribution in [1.82, 2.24) is 0 Å². The summed E-state index contributed by atoms with van der Waals surface area (Å²) in [5.41, 5.74) is 8.40. The Labute approximate surface area is 174 Å². The number of anilines is 1. The second kappa shape index (κ2) is 8.78. The molecule has 2 aromatic rings. The third-order valence-electron chi connectivity index (χ3n) is 5.25. The lowest BCUT2D eigenvalue weighted by molar-refractivity contribution is -0.116. The molecule has 1 unspecified atom stereocenters. The number of hydrogen-bond acceptors (Lipinski definition) is 5. The monoisotopic (exact) mass is 414 g/mol. The first-order valence-corrected chi connectivity index (χ1v) is 10.5. The molecule has 154 valence electrons. The predicted molar refractivity (Wildman–Crippen MR) is 114 cm³/mol. The smallest absolute Gasteiger partial charge is 0.251 e. The van der Waals surface area contributed by atoms with E-state index in [2.05, 4.69) is 12.2 Å². The largest absolute Gasteiger partial charge is 0.496 e. The zero-order valence-electron chi connectivity index (χ0n) is 17.0. The van der Waals surface area contributed by atoms with E-state index in [0.29, 0.717) is 27.8 Å². The lowest BCUT2D eigenvalue weighted by atomic mass is 9.88. The van der Waals surface area contributed by atoms with Gasteiger partial charge in [0.15, 0.2) is 5.78 Å². The summed E-state index contributed by atoms with van der Waals surface area (Å²) in [5, 5.41) is 3.31. The highest BCUT2D eigenvalue weighted by molar-refractivity contribution is 7.17. The number of carbonyl (C=O) groups excluding carboxylic acids is 3. The summed E-state index contributed by atoms with van der Waals surface area (Å²) in [6.45, 7) is 4.07. The lowest BCUT2D eigenvalue weighted by Crippen LogP contribution is -2.19. The number of methoxy groups -OCH3 is 1. The number of primary amides is 1. The number of nitrogens with two attached hydrogens (primary N) is 1. The van der Waals surface area contributed by atoms with Crippen LogP contribution in [-0.2, 0) is 17.6 Å². The fourth-order valence-corrected chi connectivity index (χ4v) is 5.12. The molecule has 1 atom stereocenters. The fourth-order valence-electron chi connectivity index (χ4n) is 3.69. The van der Waals surface area contributed by atoms with Crippen LogP contribution < -0.4 is 15.8 Å². The van der Waals surface area contributed by atoms with Gasteiger partial charge < -0.3 is 15.8 Å². The SMILES string of the molecule is COc1ccc(C)cc1C(=O)CCC(=O)Nc1sc2c(c1C(N)=O)CCC(C)C2. The maximum absolute atomic E-state index is 12.6. The second-order valence-electron chi connectivity index (χ2n) is 7.60. The lowest BCUT2D eigenvalue weighted by Gasteiger charge is -2.18. The molecule has 1 aliphatic rings. The van der Waals surface area contributed by atoms with Crippen LogP contribution in [0.4, 0.5) is 5.00 Å². The van der Waals surface area contributed by atoms with Crippen LogP contribution in [0.25, 0.3) is 0 Å². The first-order chi connectivity index (χ1) is 13.8. The number of ketones is 1. The normalized spacial score (nSPS) is 15.5. The summed E-state index contributed by atoms with van der Waals surface area (Å²) in [6.07, 6.45) is 2.77. The van der Waals surface area contributed by atoms with Gasteiger partial charge in [0.1, 0.15) is 10.8 Å². The number of hydrogen-bond donors (Lipinski definition) is 2. The van der Waals surface area contributed by atoms with Crippen LogP contribution in [0.5, 0.6) is 5.75 Å². The molecule has 3 rings (SSSR count). The summed E-state index contributed by atoms with van der Waals surface area (Å²) in [6, 6.07) is 5.38. The second-order valence-corrected chi connectivity index (χ2v) is 8.70. The van der Waals surface area contributed by atoms with E-state index in [0.717, 1.165) is 35.3 Å². The molecule has 3 N–H and O–H groups in total. The van der Waals surface area contributed by atoms with E-state index in [1.54, 1.807) is 12.1 Å². The Bertz CT molecular complexity index is 964. The first kappa shape index (κ1) is 21.0. The topological polar surface area (TPSA) is 98.5 Å². The maximum atomic E-state index is 12.6. The van der Waals surface area contributed by atoms with Gasteiger partial charge in [-0.15, -0.1) is 11.3 Å². The average molecular weight is 415 g/mol. The van der Waals surface area contributed by atoms with Gasteiger partial charge >= 0.3 is 0 Å². The molecule has 29 heavy (non-hydrogen) atoms. The van der Waals surface area contributed by atoms with Gasteiger partial charge in [0.05, 0.1) is 18.2 Å². The minimum absolute atomic E-state index is 0.0209. The van der Waals surface area contributed by atoms with Crippen LogP contribution in [0.1, 0.15) is 62.9 Å². The van der Waals surface area contributed by atoms with Crippen molar-refractivity contribution in [3.63, 3.8) is 0 Å². The highest BCUT2D eigenvalue weighted by Gasteiger charge is 2.27. The molecule has 0 radical (unpaired) electrons. The number of rotatable bonds is 7. The van der Waals surface area contributed by atoms with Gasteiger partial charge in [0.25, 0.3) is 5.91 Å². The van der Waals surface area contributed by atoms with Gasteiger partial charge in [-0.1, -0.05) is 18.6 Å². The molecule has 6 nitrogen and oxygen atoms in total. The molecule has 0 saturated heterocycles. The molecule has 2 amide bonds. The minimum atomic E-state index is -0.520. The third kappa shape index (κ3) is 4.67. The van der Waals surface area contributed by atoms with Crippen molar-refractivity contribution in [2.45, 2.75) is 46.0 Å². The molecule has 1 aromatic carbocycles. The Morgan fingerprint density at radius 2 is 2.03 bits per heavy atom. The fraction of sp³-hybridized carbons (Fsp3) is 0.409. The van der Waals surface area contributed by atoms with Gasteiger partial charge in [-0.05, 0) is 49.8 Å². The van der Waals surface area contributed by atoms with Crippen LogP contribution in [0.15, 0.2) is 18.2 Å². The van der Waals surface area contributed by atoms with E-state index in [9.17, 15) is 14.4 Å². The minimum Gasteiger partial charge on any atom is -0.496 e. The standard InChI is InChI=1S/C22H26N2O4S/c1-12-5-8-17(28-3)15(10-12)16(25)7-9-19(26)24-22-20(21(23)27)14-6-4-13(2)11-18(14)29-22/h5,8,10,13H,4,6-7,9,11H2,1-3H3,(H2,23,27)(H,24,26). The number of nitrogens with one attached hydrogen (secondary N) is 1. The Morgan fingerprint density at radius 3 is 2.72 bits per heavy atom. The van der Waals surface area contributed by atoms with Gasteiger partial charge in [-0.2, -0.15) is 0 Å². The average Bonchev–Trinajstić information content (AvgIpc) is 3.02. The maximum Gasteiger partial charge on any atom is 0.251 e. The zero-order valence-corrected chi connectivity index (χ0v) is 17.8. The molecule has 1 aliphatic carbocycles. The van der Waals surface area contributed by atoms with Gasteiger partial charge in [-0.25, -0.2) is 0 Å². The van der Waals surface area contributed by atoms with Crippen LogP contribution >= 0.6 is 11.3 Å². The molecule has 1 heterocycles. The molecule has 0 saturated carbocycles. The van der Waals surface area contributed by atoms with Crippen LogP contribution in [0.2, 0.25) is 0 Å². The van der Waals surface area contributed by atoms with Crippen LogP contribution in [-0.4, -0.2) is 24.7 Å². The molecule has 7 heteroatoms. The molecular weight excluding hydrogens is 388 g/mol. The van der Waals surface area contributed by atoms with Crippen LogP contribution in [0.3, 0.4) is 0 Å². The summed E-state index contributed by atoms with van der Waals surface area (Å²) >= 11 is 1.42. The highest BCUT2D eigenvalue weighted by Crippen LogP contribution is 2.39. The molecular formula is C22H26N2O4S. The molecule has 0 bridgehead atoms. The number of amides is 2. The van der Waals surface area contributed by atoms with Crippen molar-refractivity contribution >= 4 is 33.9 Å². The van der Waals surface area contributed by atoms with Crippen molar-refractivity contribution in [1.29, 1.82) is 0 Å².